The van der Waals surface area contributed by atoms with Gasteiger partial charge in [-0.25, -0.2) is 0 Å². The van der Waals surface area contributed by atoms with Crippen molar-refractivity contribution in [1.82, 2.24) is 5.32 Å². The van der Waals surface area contributed by atoms with Crippen molar-refractivity contribution >= 4 is 17.5 Å². The van der Waals surface area contributed by atoms with Crippen molar-refractivity contribution in [2.45, 2.75) is 13.0 Å². The van der Waals surface area contributed by atoms with Gasteiger partial charge in [-0.1, -0.05) is 23.7 Å². The average molecular weight is 315 g/mol. The van der Waals surface area contributed by atoms with E-state index in [2.05, 4.69) is 5.32 Å². The molecule has 0 unspecified atom stereocenters. The van der Waals surface area contributed by atoms with Crippen LogP contribution in [0.2, 0.25) is 5.02 Å². The van der Waals surface area contributed by atoms with Gasteiger partial charge in [0.15, 0.2) is 6.61 Å². The van der Waals surface area contributed by atoms with Gasteiger partial charge in [-0.3, -0.25) is 4.79 Å². The van der Waals surface area contributed by atoms with E-state index in [1.165, 1.54) is 0 Å². The summed E-state index contributed by atoms with van der Waals surface area (Å²) in [6, 6.07) is 15.8. The monoisotopic (exact) mass is 314 g/mol. The summed E-state index contributed by atoms with van der Waals surface area (Å²) in [7, 11) is 0. The highest BCUT2D eigenvalue weighted by Crippen LogP contribution is 2.16. The standard InChI is InChI=1S/C17H15ClN2O2/c1-12(14-4-6-15(18)7-5-14)20-17(21)11-22-16-8-2-13(10-19)3-9-16/h2-9,12H,11H2,1H3,(H,20,21)/t12-/m1/s1. The molecule has 112 valence electrons. The minimum Gasteiger partial charge on any atom is -0.484 e. The maximum absolute atomic E-state index is 11.9. The van der Waals surface area contributed by atoms with Gasteiger partial charge in [0, 0.05) is 5.02 Å². The molecule has 1 N–H and O–H groups in total. The van der Waals surface area contributed by atoms with Crippen LogP contribution in [0.3, 0.4) is 0 Å². The molecule has 0 radical (unpaired) electrons. The maximum atomic E-state index is 11.9. The van der Waals surface area contributed by atoms with Gasteiger partial charge in [0.25, 0.3) is 5.91 Å². The number of carbonyl (C=O) groups excluding carboxylic acids is 1. The van der Waals surface area contributed by atoms with Gasteiger partial charge in [-0.2, -0.15) is 5.26 Å². The predicted octanol–water partition coefficient (Wildman–Crippen LogP) is 3.47. The summed E-state index contributed by atoms with van der Waals surface area (Å²) < 4.78 is 5.38. The Morgan fingerprint density at radius 1 is 1.23 bits per heavy atom. The molecule has 5 heteroatoms. The van der Waals surface area contributed by atoms with Crippen molar-refractivity contribution in [2.75, 3.05) is 6.61 Å². The highest BCUT2D eigenvalue weighted by molar-refractivity contribution is 6.30. The zero-order valence-corrected chi connectivity index (χ0v) is 12.8. The van der Waals surface area contributed by atoms with E-state index in [-0.39, 0.29) is 18.6 Å². The number of hydrogen-bond donors (Lipinski definition) is 1. The van der Waals surface area contributed by atoms with Crippen molar-refractivity contribution in [3.8, 4) is 11.8 Å². The number of ether oxygens (including phenoxy) is 1. The molecule has 2 rings (SSSR count). The van der Waals surface area contributed by atoms with E-state index in [1.807, 2.05) is 25.1 Å². The fraction of sp³-hybridized carbons (Fsp3) is 0.176. The Morgan fingerprint density at radius 2 is 1.86 bits per heavy atom. The van der Waals surface area contributed by atoms with E-state index in [0.29, 0.717) is 16.3 Å². The number of amides is 1. The van der Waals surface area contributed by atoms with E-state index >= 15 is 0 Å². The van der Waals surface area contributed by atoms with Crippen molar-refractivity contribution in [3.05, 3.63) is 64.7 Å². The van der Waals surface area contributed by atoms with E-state index < -0.39 is 0 Å². The van der Waals surface area contributed by atoms with E-state index in [9.17, 15) is 4.79 Å². The van der Waals surface area contributed by atoms with E-state index in [0.717, 1.165) is 5.56 Å². The molecular weight excluding hydrogens is 300 g/mol. The molecule has 4 nitrogen and oxygen atoms in total. The molecule has 2 aromatic carbocycles. The lowest BCUT2D eigenvalue weighted by molar-refractivity contribution is -0.123. The molecule has 0 fully saturated rings. The minimum atomic E-state index is -0.216. The van der Waals surface area contributed by atoms with Crippen LogP contribution in [0.25, 0.3) is 0 Å². The smallest absolute Gasteiger partial charge is 0.258 e. The number of nitriles is 1. The minimum absolute atomic E-state index is 0.0795. The topological polar surface area (TPSA) is 62.1 Å². The third-order valence-corrected chi connectivity index (χ3v) is 3.35. The highest BCUT2D eigenvalue weighted by Gasteiger charge is 2.10. The van der Waals surface area contributed by atoms with Crippen molar-refractivity contribution in [3.63, 3.8) is 0 Å². The highest BCUT2D eigenvalue weighted by atomic mass is 35.5. The fourth-order valence-corrected chi connectivity index (χ4v) is 2.02. The Bertz CT molecular complexity index is 675. The largest absolute Gasteiger partial charge is 0.484 e. The second kappa shape index (κ2) is 7.48. The summed E-state index contributed by atoms with van der Waals surface area (Å²) in [5.41, 5.74) is 1.52. The van der Waals surface area contributed by atoms with Gasteiger partial charge in [-0.05, 0) is 48.9 Å². The quantitative estimate of drug-likeness (QED) is 0.919. The summed E-state index contributed by atoms with van der Waals surface area (Å²) in [6.07, 6.45) is 0. The lowest BCUT2D eigenvalue weighted by Crippen LogP contribution is -2.31. The summed E-state index contributed by atoms with van der Waals surface area (Å²) in [6.45, 7) is 1.81. The Balaban J connectivity index is 1.84. The van der Waals surface area contributed by atoms with Crippen LogP contribution in [0.15, 0.2) is 48.5 Å². The summed E-state index contributed by atoms with van der Waals surface area (Å²) in [5, 5.41) is 12.2. The predicted molar refractivity (Wildman–Crippen MR) is 84.7 cm³/mol. The Kier molecular flexibility index (Phi) is 5.40. The molecule has 1 amide bonds. The molecule has 0 saturated heterocycles. The first-order chi connectivity index (χ1) is 10.6. The lowest BCUT2D eigenvalue weighted by atomic mass is 10.1. The van der Waals surface area contributed by atoms with Gasteiger partial charge >= 0.3 is 0 Å². The van der Waals surface area contributed by atoms with E-state index in [4.69, 9.17) is 21.6 Å². The molecule has 0 spiro atoms. The first-order valence-corrected chi connectivity index (χ1v) is 7.14. The van der Waals surface area contributed by atoms with Crippen LogP contribution in [0.4, 0.5) is 0 Å². The average Bonchev–Trinajstić information content (AvgIpc) is 2.54. The fourth-order valence-electron chi connectivity index (χ4n) is 1.89. The first kappa shape index (κ1) is 15.9. The third kappa shape index (κ3) is 4.51. The molecule has 0 heterocycles. The molecular formula is C17H15ClN2O2. The van der Waals surface area contributed by atoms with Gasteiger partial charge in [0.1, 0.15) is 5.75 Å². The number of rotatable bonds is 5. The molecule has 0 aliphatic carbocycles. The van der Waals surface area contributed by atoms with Crippen LogP contribution >= 0.6 is 11.6 Å². The van der Waals surface area contributed by atoms with Crippen LogP contribution < -0.4 is 10.1 Å². The number of benzene rings is 2. The molecule has 22 heavy (non-hydrogen) atoms. The molecule has 0 bridgehead atoms. The molecule has 0 saturated carbocycles. The molecule has 0 aliphatic heterocycles. The normalized spacial score (nSPS) is 11.3. The third-order valence-electron chi connectivity index (χ3n) is 3.10. The second-order valence-corrected chi connectivity index (χ2v) is 5.20. The number of carbonyl (C=O) groups is 1. The van der Waals surface area contributed by atoms with Crippen molar-refractivity contribution in [1.29, 1.82) is 5.26 Å². The zero-order chi connectivity index (χ0) is 15.9. The SMILES string of the molecule is C[C@@H](NC(=O)COc1ccc(C#N)cc1)c1ccc(Cl)cc1. The number of hydrogen-bond acceptors (Lipinski definition) is 3. The zero-order valence-electron chi connectivity index (χ0n) is 12.0. The van der Waals surface area contributed by atoms with Crippen LogP contribution in [0.1, 0.15) is 24.1 Å². The van der Waals surface area contributed by atoms with Gasteiger partial charge in [-0.15, -0.1) is 0 Å². The Hall–Kier alpha value is -2.51. The molecule has 0 aliphatic rings. The number of halogens is 1. The maximum Gasteiger partial charge on any atom is 0.258 e. The molecule has 2 aromatic rings. The van der Waals surface area contributed by atoms with Crippen LogP contribution in [-0.4, -0.2) is 12.5 Å². The number of nitrogens with one attached hydrogen (secondary N) is 1. The van der Waals surface area contributed by atoms with Gasteiger partial charge in [0.05, 0.1) is 17.7 Å². The number of nitrogens with zero attached hydrogens (tertiary/aromatic N) is 1. The second-order valence-electron chi connectivity index (χ2n) is 4.77. The van der Waals surface area contributed by atoms with E-state index in [1.54, 1.807) is 36.4 Å². The van der Waals surface area contributed by atoms with Crippen molar-refractivity contribution < 1.29 is 9.53 Å². The molecule has 0 aromatic heterocycles. The lowest BCUT2D eigenvalue weighted by Gasteiger charge is -2.14. The van der Waals surface area contributed by atoms with Crippen LogP contribution in [0.5, 0.6) is 5.75 Å². The summed E-state index contributed by atoms with van der Waals surface area (Å²) >= 11 is 5.83. The van der Waals surface area contributed by atoms with Crippen LogP contribution in [-0.2, 0) is 4.79 Å². The van der Waals surface area contributed by atoms with Gasteiger partial charge in [0.2, 0.25) is 0 Å². The Morgan fingerprint density at radius 3 is 2.45 bits per heavy atom. The molecule has 1 atom stereocenters. The summed E-state index contributed by atoms with van der Waals surface area (Å²) in [5.74, 6) is 0.333. The van der Waals surface area contributed by atoms with Crippen LogP contribution in [0, 0.1) is 11.3 Å². The Labute approximate surface area is 134 Å². The van der Waals surface area contributed by atoms with Crippen molar-refractivity contribution in [2.24, 2.45) is 0 Å². The summed E-state index contributed by atoms with van der Waals surface area (Å²) in [4.78, 5) is 11.9. The van der Waals surface area contributed by atoms with Gasteiger partial charge < -0.3 is 10.1 Å². The first-order valence-electron chi connectivity index (χ1n) is 6.76.